The maximum Gasteiger partial charge on any atom is 0.272 e. The number of nitrogens with zero attached hydrogens (tertiary/aromatic N) is 3. The summed E-state index contributed by atoms with van der Waals surface area (Å²) < 4.78 is 1.62. The molecule has 1 unspecified atom stereocenters. The molecule has 0 spiro atoms. The maximum absolute atomic E-state index is 12.3. The van der Waals surface area contributed by atoms with Crippen molar-refractivity contribution in [3.05, 3.63) is 52.8 Å². The van der Waals surface area contributed by atoms with Crippen molar-refractivity contribution >= 4 is 17.5 Å². The highest BCUT2D eigenvalue weighted by atomic mass is 35.5. The van der Waals surface area contributed by atoms with Crippen LogP contribution in [0.4, 0.5) is 0 Å². The lowest BCUT2D eigenvalue weighted by Crippen LogP contribution is -2.31. The zero-order valence-electron chi connectivity index (χ0n) is 13.1. The molecule has 1 aromatic heterocycles. The molecule has 1 N–H and O–H groups in total. The van der Waals surface area contributed by atoms with E-state index in [1.54, 1.807) is 24.0 Å². The number of nitrogens with one attached hydrogen (secondary N) is 1. The van der Waals surface area contributed by atoms with E-state index < -0.39 is 0 Å². The first-order chi connectivity index (χ1) is 10.5. The van der Waals surface area contributed by atoms with Crippen LogP contribution in [0.3, 0.4) is 0 Å². The largest absolute Gasteiger partial charge is 0.344 e. The number of amides is 1. The molecule has 2 rings (SSSR count). The van der Waals surface area contributed by atoms with E-state index in [2.05, 4.69) is 15.3 Å². The molecule has 6 heteroatoms. The summed E-state index contributed by atoms with van der Waals surface area (Å²) in [4.78, 5) is 14.4. The first-order valence-electron chi connectivity index (χ1n) is 7.16. The average Bonchev–Trinajstić information content (AvgIpc) is 2.91. The van der Waals surface area contributed by atoms with E-state index in [9.17, 15) is 4.79 Å². The number of hydrogen-bond acceptors (Lipinski definition) is 3. The maximum atomic E-state index is 12.3. The molecule has 0 bridgehead atoms. The van der Waals surface area contributed by atoms with E-state index in [0.29, 0.717) is 10.7 Å². The number of aryl methyl sites for hydroxylation is 1. The molecule has 0 aliphatic carbocycles. The Morgan fingerprint density at radius 1 is 1.32 bits per heavy atom. The second-order valence-electron chi connectivity index (χ2n) is 5.54. The number of aromatic nitrogens is 2. The SMILES string of the molecule is CN(C)CCC(NC(=O)c1ccn(C)n1)c1ccc(Cl)cc1. The Morgan fingerprint density at radius 3 is 2.55 bits per heavy atom. The van der Waals surface area contributed by atoms with Crippen molar-refractivity contribution in [2.24, 2.45) is 7.05 Å². The topological polar surface area (TPSA) is 50.2 Å². The lowest BCUT2D eigenvalue weighted by Gasteiger charge is -2.21. The van der Waals surface area contributed by atoms with Crippen LogP contribution in [-0.4, -0.2) is 41.2 Å². The Labute approximate surface area is 135 Å². The van der Waals surface area contributed by atoms with Gasteiger partial charge in [-0.1, -0.05) is 23.7 Å². The van der Waals surface area contributed by atoms with Gasteiger partial charge in [-0.15, -0.1) is 0 Å². The molecule has 1 heterocycles. The van der Waals surface area contributed by atoms with E-state index in [0.717, 1.165) is 18.5 Å². The normalized spacial score (nSPS) is 12.4. The van der Waals surface area contributed by atoms with Crippen LogP contribution in [0.15, 0.2) is 36.5 Å². The van der Waals surface area contributed by atoms with Crippen molar-refractivity contribution in [1.82, 2.24) is 20.0 Å². The van der Waals surface area contributed by atoms with Crippen LogP contribution < -0.4 is 5.32 Å². The van der Waals surface area contributed by atoms with Gasteiger partial charge in [0.05, 0.1) is 6.04 Å². The fourth-order valence-electron chi connectivity index (χ4n) is 2.17. The van der Waals surface area contributed by atoms with Crippen LogP contribution in [0, 0.1) is 0 Å². The summed E-state index contributed by atoms with van der Waals surface area (Å²) in [5.41, 5.74) is 1.46. The van der Waals surface area contributed by atoms with Gasteiger partial charge >= 0.3 is 0 Å². The molecular formula is C16H21ClN4O. The summed E-state index contributed by atoms with van der Waals surface area (Å²) in [5.74, 6) is -0.167. The summed E-state index contributed by atoms with van der Waals surface area (Å²) in [5, 5.41) is 7.88. The molecule has 1 aromatic carbocycles. The summed E-state index contributed by atoms with van der Waals surface area (Å²) in [6.07, 6.45) is 2.57. The van der Waals surface area contributed by atoms with Gasteiger partial charge in [0.25, 0.3) is 5.91 Å². The Kier molecular flexibility index (Phi) is 5.57. The van der Waals surface area contributed by atoms with Gasteiger partial charge in [0.15, 0.2) is 0 Å². The van der Waals surface area contributed by atoms with Crippen LogP contribution in [0.25, 0.3) is 0 Å². The van der Waals surface area contributed by atoms with Gasteiger partial charge in [-0.3, -0.25) is 9.48 Å². The quantitative estimate of drug-likeness (QED) is 0.889. The number of carbonyl (C=O) groups is 1. The fourth-order valence-corrected chi connectivity index (χ4v) is 2.30. The van der Waals surface area contributed by atoms with E-state index >= 15 is 0 Å². The third-order valence-corrected chi connectivity index (χ3v) is 3.64. The number of carbonyl (C=O) groups excluding carboxylic acids is 1. The summed E-state index contributed by atoms with van der Waals surface area (Å²) in [6.45, 7) is 0.871. The minimum atomic E-state index is -0.167. The summed E-state index contributed by atoms with van der Waals surface area (Å²) in [7, 11) is 5.82. The zero-order chi connectivity index (χ0) is 16.1. The zero-order valence-corrected chi connectivity index (χ0v) is 13.8. The van der Waals surface area contributed by atoms with E-state index in [-0.39, 0.29) is 11.9 Å². The van der Waals surface area contributed by atoms with Crippen LogP contribution in [0.2, 0.25) is 5.02 Å². The van der Waals surface area contributed by atoms with Crippen LogP contribution >= 0.6 is 11.6 Å². The molecular weight excluding hydrogens is 300 g/mol. The van der Waals surface area contributed by atoms with Crippen LogP contribution in [0.1, 0.15) is 28.5 Å². The van der Waals surface area contributed by atoms with E-state index in [1.165, 1.54) is 0 Å². The monoisotopic (exact) mass is 320 g/mol. The molecule has 0 radical (unpaired) electrons. The first kappa shape index (κ1) is 16.5. The molecule has 0 aliphatic rings. The van der Waals surface area contributed by atoms with E-state index in [1.807, 2.05) is 38.4 Å². The highest BCUT2D eigenvalue weighted by molar-refractivity contribution is 6.30. The Bertz CT molecular complexity index is 621. The van der Waals surface area contributed by atoms with Gasteiger partial charge in [-0.2, -0.15) is 5.10 Å². The number of benzene rings is 1. The van der Waals surface area contributed by atoms with Crippen molar-refractivity contribution in [3.63, 3.8) is 0 Å². The molecule has 0 saturated carbocycles. The first-order valence-corrected chi connectivity index (χ1v) is 7.54. The lowest BCUT2D eigenvalue weighted by atomic mass is 10.0. The lowest BCUT2D eigenvalue weighted by molar-refractivity contribution is 0.0927. The Hall–Kier alpha value is -1.85. The van der Waals surface area contributed by atoms with Gasteiger partial charge in [0, 0.05) is 18.3 Å². The van der Waals surface area contributed by atoms with Crippen molar-refractivity contribution in [3.8, 4) is 0 Å². The van der Waals surface area contributed by atoms with Gasteiger partial charge in [0.1, 0.15) is 5.69 Å². The molecule has 1 amide bonds. The molecule has 118 valence electrons. The highest BCUT2D eigenvalue weighted by Crippen LogP contribution is 2.20. The molecule has 0 saturated heterocycles. The van der Waals surface area contributed by atoms with Crippen LogP contribution in [0.5, 0.6) is 0 Å². The Morgan fingerprint density at radius 2 is 2.00 bits per heavy atom. The fraction of sp³-hybridized carbons (Fsp3) is 0.375. The third kappa shape index (κ3) is 4.58. The molecule has 2 aromatic rings. The van der Waals surface area contributed by atoms with Gasteiger partial charge in [-0.25, -0.2) is 0 Å². The molecule has 22 heavy (non-hydrogen) atoms. The number of hydrogen-bond donors (Lipinski definition) is 1. The standard InChI is InChI=1S/C16H21ClN4O/c1-20(2)10-8-14(12-4-6-13(17)7-5-12)18-16(22)15-9-11-21(3)19-15/h4-7,9,11,14H,8,10H2,1-3H3,(H,18,22). The van der Waals surface area contributed by atoms with Crippen molar-refractivity contribution < 1.29 is 4.79 Å². The van der Waals surface area contributed by atoms with Gasteiger partial charge < -0.3 is 10.2 Å². The van der Waals surface area contributed by atoms with Crippen molar-refractivity contribution in [2.45, 2.75) is 12.5 Å². The highest BCUT2D eigenvalue weighted by Gasteiger charge is 2.17. The Balaban J connectivity index is 2.13. The predicted octanol–water partition coefficient (Wildman–Crippen LogP) is 2.50. The van der Waals surface area contributed by atoms with E-state index in [4.69, 9.17) is 11.6 Å². The van der Waals surface area contributed by atoms with Crippen LogP contribution in [-0.2, 0) is 7.05 Å². The van der Waals surface area contributed by atoms with Gasteiger partial charge in [-0.05, 0) is 50.8 Å². The molecule has 0 fully saturated rings. The second-order valence-corrected chi connectivity index (χ2v) is 5.98. The molecule has 0 aliphatic heterocycles. The average molecular weight is 321 g/mol. The van der Waals surface area contributed by atoms with Gasteiger partial charge in [0.2, 0.25) is 0 Å². The molecule has 5 nitrogen and oxygen atoms in total. The minimum absolute atomic E-state index is 0.0748. The summed E-state index contributed by atoms with van der Waals surface area (Å²) >= 11 is 5.94. The van der Waals surface area contributed by atoms with Crippen molar-refractivity contribution in [1.29, 1.82) is 0 Å². The summed E-state index contributed by atoms with van der Waals surface area (Å²) in [6, 6.07) is 9.20. The smallest absolute Gasteiger partial charge is 0.272 e. The molecule has 1 atom stereocenters. The second kappa shape index (κ2) is 7.42. The number of halogens is 1. The minimum Gasteiger partial charge on any atom is -0.344 e. The van der Waals surface area contributed by atoms with Crippen molar-refractivity contribution in [2.75, 3.05) is 20.6 Å². The third-order valence-electron chi connectivity index (χ3n) is 3.39. The predicted molar refractivity (Wildman–Crippen MR) is 88.0 cm³/mol. The number of rotatable bonds is 6.